The van der Waals surface area contributed by atoms with E-state index in [9.17, 15) is 14.4 Å². The van der Waals surface area contributed by atoms with Crippen LogP contribution in [-0.2, 0) is 32.0 Å². The monoisotopic (exact) mass is 787 g/mol. The number of ether oxygens (including phenoxy) is 5. The number of pyridine rings is 1. The SMILES string of the molecule is COc1ccc([C@H](Cc2c(Cl)c[nH+]cc2Cl)OC(=O)c2ccc(COC(=O)c3cccc([C@@H](CC(=O)OC(C)(C)C)c4ccccc4)c3)cc2)cc1OC.[OH-]. The van der Waals surface area contributed by atoms with Crippen LogP contribution >= 0.6 is 23.2 Å². The predicted octanol–water partition coefficient (Wildman–Crippen LogP) is 9.01. The molecular weight excluding hydrogens is 745 g/mol. The highest BCUT2D eigenvalue weighted by Crippen LogP contribution is 2.36. The molecule has 0 fully saturated rings. The van der Waals surface area contributed by atoms with Gasteiger partial charge in [0.1, 0.15) is 28.4 Å². The van der Waals surface area contributed by atoms with Gasteiger partial charge in [0.15, 0.2) is 23.9 Å². The van der Waals surface area contributed by atoms with Gasteiger partial charge in [-0.1, -0.05) is 83.9 Å². The molecule has 0 saturated heterocycles. The lowest BCUT2D eigenvalue weighted by molar-refractivity contribution is -0.377. The molecule has 4 aromatic carbocycles. The van der Waals surface area contributed by atoms with Crippen LogP contribution in [0.5, 0.6) is 11.5 Å². The van der Waals surface area contributed by atoms with Crippen LogP contribution in [0.3, 0.4) is 0 Å². The van der Waals surface area contributed by atoms with Gasteiger partial charge in [0.05, 0.1) is 31.8 Å². The number of esters is 3. The molecule has 5 rings (SSSR count). The summed E-state index contributed by atoms with van der Waals surface area (Å²) in [5.41, 5.74) is 3.63. The minimum absolute atomic E-state index is 0. The van der Waals surface area contributed by atoms with Crippen LogP contribution < -0.4 is 14.5 Å². The van der Waals surface area contributed by atoms with E-state index in [0.29, 0.717) is 49.4 Å². The van der Waals surface area contributed by atoms with Crippen molar-refractivity contribution in [3.63, 3.8) is 0 Å². The van der Waals surface area contributed by atoms with Crippen molar-refractivity contribution in [1.82, 2.24) is 0 Å². The maximum absolute atomic E-state index is 13.5. The van der Waals surface area contributed by atoms with Crippen molar-refractivity contribution >= 4 is 41.1 Å². The number of hydrogen-bond acceptors (Lipinski definition) is 9. The van der Waals surface area contributed by atoms with Crippen LogP contribution in [0.15, 0.2) is 109 Å². The van der Waals surface area contributed by atoms with Gasteiger partial charge >= 0.3 is 17.9 Å². The summed E-state index contributed by atoms with van der Waals surface area (Å²) in [6, 6.07) is 28.5. The normalized spacial score (nSPS) is 12.1. The lowest BCUT2D eigenvalue weighted by Crippen LogP contribution is -2.25. The molecular formula is C43H43Cl2NO9. The third-order valence-corrected chi connectivity index (χ3v) is 9.17. The minimum atomic E-state index is -0.781. The number of halogens is 2. The van der Waals surface area contributed by atoms with Crippen molar-refractivity contribution in [2.75, 3.05) is 14.2 Å². The Morgan fingerprint density at radius 2 is 1.36 bits per heavy atom. The summed E-state index contributed by atoms with van der Waals surface area (Å²) in [6.07, 6.45) is 2.72. The molecule has 1 aromatic heterocycles. The van der Waals surface area contributed by atoms with Crippen LogP contribution in [0.2, 0.25) is 10.0 Å². The Morgan fingerprint density at radius 1 is 0.709 bits per heavy atom. The van der Waals surface area contributed by atoms with E-state index in [-0.39, 0.29) is 36.8 Å². The van der Waals surface area contributed by atoms with E-state index in [1.807, 2.05) is 57.2 Å². The molecule has 0 saturated carbocycles. The third kappa shape index (κ3) is 11.5. The molecule has 0 bridgehead atoms. The number of aromatic nitrogens is 1. The highest BCUT2D eigenvalue weighted by atomic mass is 35.5. The molecule has 0 unspecified atom stereocenters. The second-order valence-corrected chi connectivity index (χ2v) is 14.3. The molecule has 0 spiro atoms. The number of rotatable bonds is 14. The first-order valence-electron chi connectivity index (χ1n) is 17.2. The first-order chi connectivity index (χ1) is 25.8. The van der Waals surface area contributed by atoms with Crippen LogP contribution in [0.1, 0.15) is 87.7 Å². The fourth-order valence-corrected chi connectivity index (χ4v) is 6.38. The Bertz CT molecular complexity index is 2060. The van der Waals surface area contributed by atoms with Crippen LogP contribution in [0.4, 0.5) is 0 Å². The van der Waals surface area contributed by atoms with Crippen molar-refractivity contribution in [3.05, 3.63) is 158 Å². The maximum Gasteiger partial charge on any atom is 0.338 e. The Balaban J connectivity index is 0.00000673. The van der Waals surface area contributed by atoms with Gasteiger partial charge in [0.25, 0.3) is 0 Å². The summed E-state index contributed by atoms with van der Waals surface area (Å²) in [7, 11) is 3.06. The summed E-state index contributed by atoms with van der Waals surface area (Å²) < 4.78 is 28.2. The molecule has 0 aliphatic carbocycles. The molecule has 0 aliphatic rings. The number of methoxy groups -OCH3 is 2. The molecule has 10 nitrogen and oxygen atoms in total. The summed E-state index contributed by atoms with van der Waals surface area (Å²) in [4.78, 5) is 42.5. The summed E-state index contributed by atoms with van der Waals surface area (Å²) in [5, 5.41) is 0.790. The number of carbonyl (C=O) groups excluding carboxylic acids is 3. The van der Waals surface area contributed by atoms with E-state index in [1.165, 1.54) is 14.2 Å². The second-order valence-electron chi connectivity index (χ2n) is 13.5. The number of nitrogens with one attached hydrogen (secondary N) is 1. The first-order valence-corrected chi connectivity index (χ1v) is 18.0. The van der Waals surface area contributed by atoms with Crippen molar-refractivity contribution in [3.8, 4) is 11.5 Å². The number of aromatic amines is 1. The van der Waals surface area contributed by atoms with E-state index in [1.54, 1.807) is 73.1 Å². The number of carbonyl (C=O) groups is 3. The van der Waals surface area contributed by atoms with Crippen molar-refractivity contribution in [2.45, 2.75) is 57.8 Å². The average Bonchev–Trinajstić information content (AvgIpc) is 3.16. The Hall–Kier alpha value is -5.42. The molecule has 0 amide bonds. The van der Waals surface area contributed by atoms with Gasteiger partial charge in [0, 0.05) is 17.9 Å². The summed E-state index contributed by atoms with van der Waals surface area (Å²) in [6.45, 7) is 5.45. The number of H-pyrrole nitrogens is 1. The number of benzene rings is 4. The molecule has 12 heteroatoms. The van der Waals surface area contributed by atoms with Crippen molar-refractivity contribution < 1.29 is 48.5 Å². The highest BCUT2D eigenvalue weighted by Gasteiger charge is 2.26. The van der Waals surface area contributed by atoms with E-state index < -0.39 is 23.6 Å². The van der Waals surface area contributed by atoms with Crippen molar-refractivity contribution in [2.24, 2.45) is 0 Å². The molecule has 55 heavy (non-hydrogen) atoms. The van der Waals surface area contributed by atoms with E-state index in [0.717, 1.165) is 11.1 Å². The lowest BCUT2D eigenvalue weighted by atomic mass is 9.87. The topological polar surface area (TPSA) is 142 Å². The van der Waals surface area contributed by atoms with Gasteiger partial charge in [-0.15, -0.1) is 0 Å². The molecule has 0 radical (unpaired) electrons. The second kappa shape index (κ2) is 19.3. The minimum Gasteiger partial charge on any atom is -0.870 e. The highest BCUT2D eigenvalue weighted by molar-refractivity contribution is 6.35. The summed E-state index contributed by atoms with van der Waals surface area (Å²) in [5.74, 6) is -0.779. The Kier molecular flexibility index (Phi) is 14.8. The first kappa shape index (κ1) is 42.3. The largest absolute Gasteiger partial charge is 0.870 e. The Morgan fingerprint density at radius 3 is 2.00 bits per heavy atom. The van der Waals surface area contributed by atoms with Gasteiger partial charge in [-0.05, 0) is 79.4 Å². The standard InChI is InChI=1S/C43H41Cl2NO8.H2O/c1-43(2,3)54-40(47)23-33(28-10-7-6-8-11-28)30-12-9-13-32(20-30)41(48)52-26-27-14-16-29(17-15-27)42(49)53-38(22-34-35(44)24-46-25-36(34)45)31-18-19-37(50-4)39(21-31)51-5;/h6-21,24-25,33,38H,22-23,26H2,1-5H3;1H2/t33-,38-;/m0./s1. The van der Waals surface area contributed by atoms with Gasteiger partial charge in [-0.3, -0.25) is 4.79 Å². The third-order valence-electron chi connectivity index (χ3n) is 8.49. The van der Waals surface area contributed by atoms with E-state index in [4.69, 9.17) is 46.9 Å². The zero-order valence-corrected chi connectivity index (χ0v) is 32.6. The van der Waals surface area contributed by atoms with Crippen molar-refractivity contribution in [1.29, 1.82) is 0 Å². The lowest BCUT2D eigenvalue weighted by Gasteiger charge is -2.23. The van der Waals surface area contributed by atoms with Crippen LogP contribution in [0.25, 0.3) is 0 Å². The van der Waals surface area contributed by atoms with Gasteiger partial charge in [0.2, 0.25) is 0 Å². The zero-order chi connectivity index (χ0) is 38.8. The predicted molar refractivity (Wildman–Crippen MR) is 207 cm³/mol. The fourth-order valence-electron chi connectivity index (χ4n) is 5.85. The molecule has 2 N–H and O–H groups in total. The Labute approximate surface area is 330 Å². The van der Waals surface area contributed by atoms with Gasteiger partial charge in [-0.2, -0.15) is 0 Å². The zero-order valence-electron chi connectivity index (χ0n) is 31.1. The fraction of sp³-hybridized carbons (Fsp3) is 0.256. The van der Waals surface area contributed by atoms with E-state index >= 15 is 0 Å². The maximum atomic E-state index is 13.5. The van der Waals surface area contributed by atoms with Gasteiger partial charge < -0.3 is 29.2 Å². The summed E-state index contributed by atoms with van der Waals surface area (Å²) >= 11 is 12.9. The van der Waals surface area contributed by atoms with Crippen LogP contribution in [0, 0.1) is 0 Å². The smallest absolute Gasteiger partial charge is 0.338 e. The van der Waals surface area contributed by atoms with Crippen LogP contribution in [-0.4, -0.2) is 43.2 Å². The molecule has 0 aliphatic heterocycles. The molecule has 5 aromatic rings. The molecule has 288 valence electrons. The number of hydrogen-bond donors (Lipinski definition) is 0. The average molecular weight is 789 g/mol. The molecule has 2 atom stereocenters. The quantitative estimate of drug-likeness (QED) is 0.0796. The molecule has 1 heterocycles. The van der Waals surface area contributed by atoms with Gasteiger partial charge in [-0.25, -0.2) is 14.6 Å². The van der Waals surface area contributed by atoms with E-state index in [2.05, 4.69) is 4.98 Å².